The maximum Gasteiger partial charge on any atom is 0.259 e. The van der Waals surface area contributed by atoms with E-state index in [1.165, 1.54) is 0 Å². The molecule has 2 aromatic heterocycles. The minimum atomic E-state index is -0.304. The molecule has 1 aliphatic heterocycles. The summed E-state index contributed by atoms with van der Waals surface area (Å²) in [4.78, 5) is 14.9. The zero-order valence-electron chi connectivity index (χ0n) is 12.8. The summed E-state index contributed by atoms with van der Waals surface area (Å²) < 4.78 is 10.3. The van der Waals surface area contributed by atoms with Crippen molar-refractivity contribution in [1.29, 1.82) is 0 Å². The largest absolute Gasteiger partial charge is 0.443 e. The second kappa shape index (κ2) is 6.64. The highest BCUT2D eigenvalue weighted by atomic mass is 35.5. The lowest BCUT2D eigenvalue weighted by atomic mass is 10.0. The van der Waals surface area contributed by atoms with Crippen LogP contribution in [-0.4, -0.2) is 41.6 Å². The first kappa shape index (κ1) is 15.9. The van der Waals surface area contributed by atoms with Crippen LogP contribution < -0.4 is 11.1 Å². The molecule has 0 radical (unpaired) electrons. The lowest BCUT2D eigenvalue weighted by Crippen LogP contribution is -2.44. The lowest BCUT2D eigenvalue weighted by Gasteiger charge is -2.31. The Kier molecular flexibility index (Phi) is 4.58. The molecular formula is C15H19ClN4O3. The molecule has 2 aromatic rings. The smallest absolute Gasteiger partial charge is 0.259 e. The summed E-state index contributed by atoms with van der Waals surface area (Å²) >= 11 is 5.77. The van der Waals surface area contributed by atoms with E-state index in [9.17, 15) is 4.79 Å². The number of anilines is 1. The van der Waals surface area contributed by atoms with Crippen molar-refractivity contribution in [3.05, 3.63) is 22.9 Å². The van der Waals surface area contributed by atoms with Crippen LogP contribution in [0.4, 0.5) is 5.88 Å². The van der Waals surface area contributed by atoms with Gasteiger partial charge in [0, 0.05) is 19.1 Å². The Morgan fingerprint density at radius 1 is 1.48 bits per heavy atom. The Hall–Kier alpha value is -1.99. The Morgan fingerprint density at radius 3 is 2.83 bits per heavy atom. The summed E-state index contributed by atoms with van der Waals surface area (Å²) in [5, 5.41) is 7.03. The van der Waals surface area contributed by atoms with E-state index in [-0.39, 0.29) is 34.3 Å². The van der Waals surface area contributed by atoms with Gasteiger partial charge in [-0.1, -0.05) is 12.1 Å². The molecule has 0 aromatic carbocycles. The fourth-order valence-electron chi connectivity index (χ4n) is 2.78. The van der Waals surface area contributed by atoms with Crippen LogP contribution in [0.25, 0.3) is 11.5 Å². The zero-order chi connectivity index (χ0) is 16.4. The zero-order valence-corrected chi connectivity index (χ0v) is 13.6. The average molecular weight is 339 g/mol. The van der Waals surface area contributed by atoms with E-state index in [0.29, 0.717) is 5.76 Å². The molecule has 1 amide bonds. The van der Waals surface area contributed by atoms with Crippen LogP contribution in [-0.2, 0) is 0 Å². The van der Waals surface area contributed by atoms with Gasteiger partial charge >= 0.3 is 0 Å². The van der Waals surface area contributed by atoms with Crippen LogP contribution in [0.2, 0.25) is 5.22 Å². The number of nitrogens with one attached hydrogen (secondary N) is 1. The van der Waals surface area contributed by atoms with Crippen molar-refractivity contribution in [1.82, 2.24) is 15.4 Å². The van der Waals surface area contributed by atoms with Gasteiger partial charge in [0.1, 0.15) is 5.56 Å². The van der Waals surface area contributed by atoms with Crippen molar-refractivity contribution in [3.63, 3.8) is 0 Å². The molecule has 7 nitrogen and oxygen atoms in total. The van der Waals surface area contributed by atoms with Gasteiger partial charge in [0.15, 0.2) is 16.7 Å². The van der Waals surface area contributed by atoms with Gasteiger partial charge in [0.2, 0.25) is 5.88 Å². The summed E-state index contributed by atoms with van der Waals surface area (Å²) in [6.07, 6.45) is 1.82. The van der Waals surface area contributed by atoms with Gasteiger partial charge in [0.25, 0.3) is 5.91 Å². The molecule has 0 atom stereocenters. The Labute approximate surface area is 138 Å². The molecule has 0 bridgehead atoms. The molecule has 3 heterocycles. The number of nitrogens with zero attached hydrogens (tertiary/aromatic N) is 2. The topological polar surface area (TPSA) is 97.5 Å². The number of piperidine rings is 1. The summed E-state index contributed by atoms with van der Waals surface area (Å²) in [6.45, 7) is 5.11. The maximum atomic E-state index is 12.6. The lowest BCUT2D eigenvalue weighted by molar-refractivity contribution is 0.0913. The number of halogens is 1. The predicted molar refractivity (Wildman–Crippen MR) is 86.2 cm³/mol. The average Bonchev–Trinajstić information content (AvgIpc) is 3.13. The molecule has 3 N–H and O–H groups in total. The van der Waals surface area contributed by atoms with Crippen LogP contribution in [0.5, 0.6) is 0 Å². The van der Waals surface area contributed by atoms with Gasteiger partial charge in [-0.05, 0) is 43.1 Å². The molecule has 23 heavy (non-hydrogen) atoms. The van der Waals surface area contributed by atoms with Gasteiger partial charge in [-0.3, -0.25) is 4.79 Å². The van der Waals surface area contributed by atoms with Gasteiger partial charge in [-0.25, -0.2) is 0 Å². The summed E-state index contributed by atoms with van der Waals surface area (Å²) in [7, 11) is 0. The standard InChI is InChI=1S/C15H19ClN4O3/c1-2-20-7-5-9(6-8-20)18-15(21)12-13(19-23-14(12)17)10-3-4-11(16)22-10/h3-4,9H,2,5-8,17H2,1H3,(H,18,21). The Bertz CT molecular complexity index is 689. The molecule has 0 saturated carbocycles. The number of aromatic nitrogens is 1. The van der Waals surface area contributed by atoms with Crippen LogP contribution in [0.3, 0.4) is 0 Å². The molecule has 0 aliphatic carbocycles. The number of likely N-dealkylation sites (tertiary alicyclic amines) is 1. The molecule has 3 rings (SSSR count). The quantitative estimate of drug-likeness (QED) is 0.888. The summed E-state index contributed by atoms with van der Waals surface area (Å²) in [6, 6.07) is 3.31. The number of nitrogen functional groups attached to an aromatic ring is 1. The first-order valence-corrected chi connectivity index (χ1v) is 8.00. The number of furan rings is 1. The molecular weight excluding hydrogens is 320 g/mol. The van der Waals surface area contributed by atoms with E-state index >= 15 is 0 Å². The number of nitrogens with two attached hydrogens (primary N) is 1. The minimum absolute atomic E-state index is 0.0315. The third-order valence-corrected chi connectivity index (χ3v) is 4.33. The van der Waals surface area contributed by atoms with Crippen molar-refractivity contribution in [2.75, 3.05) is 25.4 Å². The van der Waals surface area contributed by atoms with E-state index in [0.717, 1.165) is 32.5 Å². The molecule has 0 spiro atoms. The number of carbonyl (C=O) groups excluding carboxylic acids is 1. The SMILES string of the molecule is CCN1CCC(NC(=O)c2c(-c3ccc(Cl)o3)noc2N)CC1. The molecule has 124 valence electrons. The second-order valence-electron chi connectivity index (χ2n) is 5.56. The number of amides is 1. The van der Waals surface area contributed by atoms with Crippen molar-refractivity contribution in [3.8, 4) is 11.5 Å². The highest BCUT2D eigenvalue weighted by Gasteiger charge is 2.27. The number of carbonyl (C=O) groups is 1. The fraction of sp³-hybridized carbons (Fsp3) is 0.467. The highest BCUT2D eigenvalue weighted by Crippen LogP contribution is 2.30. The van der Waals surface area contributed by atoms with Crippen LogP contribution in [0.1, 0.15) is 30.1 Å². The van der Waals surface area contributed by atoms with Crippen molar-refractivity contribution in [2.24, 2.45) is 0 Å². The fourth-order valence-corrected chi connectivity index (χ4v) is 2.93. The van der Waals surface area contributed by atoms with Gasteiger partial charge < -0.3 is 24.9 Å². The van der Waals surface area contributed by atoms with Crippen LogP contribution in [0, 0.1) is 0 Å². The van der Waals surface area contributed by atoms with Gasteiger partial charge in [-0.2, -0.15) is 0 Å². The molecule has 1 saturated heterocycles. The normalized spacial score (nSPS) is 16.6. The Morgan fingerprint density at radius 2 is 2.22 bits per heavy atom. The van der Waals surface area contributed by atoms with E-state index in [1.54, 1.807) is 12.1 Å². The molecule has 8 heteroatoms. The first-order chi connectivity index (χ1) is 11.1. The Balaban J connectivity index is 1.74. The van der Waals surface area contributed by atoms with E-state index in [1.807, 2.05) is 0 Å². The van der Waals surface area contributed by atoms with Crippen molar-refractivity contribution >= 4 is 23.4 Å². The monoisotopic (exact) mass is 338 g/mol. The van der Waals surface area contributed by atoms with Crippen molar-refractivity contribution in [2.45, 2.75) is 25.8 Å². The second-order valence-corrected chi connectivity index (χ2v) is 5.93. The number of hydrogen-bond donors (Lipinski definition) is 2. The minimum Gasteiger partial charge on any atom is -0.443 e. The van der Waals surface area contributed by atoms with E-state index < -0.39 is 0 Å². The number of rotatable bonds is 4. The van der Waals surface area contributed by atoms with E-state index in [4.69, 9.17) is 26.3 Å². The van der Waals surface area contributed by atoms with Gasteiger partial charge in [-0.15, -0.1) is 0 Å². The highest BCUT2D eigenvalue weighted by molar-refractivity contribution is 6.29. The summed E-state index contributed by atoms with van der Waals surface area (Å²) in [5.74, 6) is 0.0126. The maximum absolute atomic E-state index is 12.6. The van der Waals surface area contributed by atoms with Gasteiger partial charge in [0.05, 0.1) is 0 Å². The summed E-state index contributed by atoms with van der Waals surface area (Å²) in [5.41, 5.74) is 6.21. The molecule has 1 aliphatic rings. The molecule has 1 fully saturated rings. The van der Waals surface area contributed by atoms with Crippen LogP contribution in [0.15, 0.2) is 21.1 Å². The first-order valence-electron chi connectivity index (χ1n) is 7.62. The number of hydrogen-bond acceptors (Lipinski definition) is 6. The third-order valence-electron chi connectivity index (χ3n) is 4.12. The molecule has 0 unspecified atom stereocenters. The van der Waals surface area contributed by atoms with E-state index in [2.05, 4.69) is 22.3 Å². The van der Waals surface area contributed by atoms with Crippen LogP contribution >= 0.6 is 11.6 Å². The predicted octanol–water partition coefficient (Wildman–Crippen LogP) is 2.38. The van der Waals surface area contributed by atoms with Crippen molar-refractivity contribution < 1.29 is 13.7 Å². The third kappa shape index (κ3) is 3.35.